The maximum atomic E-state index is 11.2. The number of hydrogen-bond acceptors (Lipinski definition) is 4. The van der Waals surface area contributed by atoms with Crippen molar-refractivity contribution in [2.24, 2.45) is 0 Å². The van der Waals surface area contributed by atoms with Crippen molar-refractivity contribution < 1.29 is 19.1 Å². The summed E-state index contributed by atoms with van der Waals surface area (Å²) in [5, 5.41) is 0. The predicted octanol–water partition coefficient (Wildman–Crippen LogP) is 2.35. The molecule has 4 nitrogen and oxygen atoms in total. The average molecular weight is 245 g/mol. The van der Waals surface area contributed by atoms with E-state index in [0.717, 1.165) is 5.56 Å². The molecule has 0 unspecified atom stereocenters. The van der Waals surface area contributed by atoms with Gasteiger partial charge in [0.1, 0.15) is 0 Å². The molecule has 0 aromatic heterocycles. The second-order valence-corrected chi connectivity index (χ2v) is 2.82. The van der Waals surface area contributed by atoms with Gasteiger partial charge in [0.05, 0.1) is 13.0 Å². The van der Waals surface area contributed by atoms with Crippen molar-refractivity contribution in [2.45, 2.75) is 13.3 Å². The number of carbonyl (C=O) groups excluding carboxylic acids is 2. The molecule has 1 aromatic carbocycles. The molecule has 0 amide bonds. The van der Waals surface area contributed by atoms with E-state index >= 15 is 0 Å². The van der Waals surface area contributed by atoms with E-state index in [1.807, 2.05) is 18.2 Å². The number of ether oxygens (including phenoxy) is 2. The fraction of sp³-hybridized carbons (Fsp3) is 0.273. The Hall–Kier alpha value is -1.55. The van der Waals surface area contributed by atoms with Crippen LogP contribution in [0, 0.1) is 0 Å². The lowest BCUT2D eigenvalue weighted by molar-refractivity contribution is -0.138. The van der Waals surface area contributed by atoms with E-state index in [2.05, 4.69) is 9.47 Å². The molecule has 0 heterocycles. The Morgan fingerprint density at radius 1 is 1.19 bits per heavy atom. The molecule has 0 saturated carbocycles. The van der Waals surface area contributed by atoms with Crippen LogP contribution in [0.2, 0.25) is 0 Å². The number of benzene rings is 1. The molecule has 1 rings (SSSR count). The third-order valence-electron chi connectivity index (χ3n) is 1.65. The molecule has 0 radical (unpaired) electrons. The molecule has 0 N–H and O–H groups in total. The first-order valence-electron chi connectivity index (χ1n) is 4.63. The van der Waals surface area contributed by atoms with Crippen LogP contribution in [0.1, 0.15) is 12.5 Å². The Morgan fingerprint density at radius 3 is 2.38 bits per heavy atom. The highest BCUT2D eigenvalue weighted by Gasteiger charge is 2.11. The van der Waals surface area contributed by atoms with Crippen molar-refractivity contribution in [3.63, 3.8) is 0 Å². The molecule has 0 fully saturated rings. The third kappa shape index (κ3) is 5.36. The first-order valence-corrected chi connectivity index (χ1v) is 4.63. The summed E-state index contributed by atoms with van der Waals surface area (Å²) in [6.07, 6.45) is -0.877. The molecule has 0 aliphatic heterocycles. The summed E-state index contributed by atoms with van der Waals surface area (Å²) in [5.41, 5.74) is 0.798. The maximum Gasteiger partial charge on any atom is 0.516 e. The van der Waals surface area contributed by atoms with Gasteiger partial charge in [-0.05, 0) is 12.5 Å². The fourth-order valence-corrected chi connectivity index (χ4v) is 1.04. The molecule has 0 atom stereocenters. The summed E-state index contributed by atoms with van der Waals surface area (Å²) in [5.74, 6) is -0.611. The number of halogens is 1. The Morgan fingerprint density at radius 2 is 1.81 bits per heavy atom. The Balaban J connectivity index is 0.00000225. The van der Waals surface area contributed by atoms with Crippen molar-refractivity contribution in [2.75, 3.05) is 6.61 Å². The Kier molecular flexibility index (Phi) is 6.96. The van der Waals surface area contributed by atoms with Gasteiger partial charge in [-0.3, -0.25) is 4.79 Å². The van der Waals surface area contributed by atoms with Crippen LogP contribution in [0.4, 0.5) is 4.79 Å². The van der Waals surface area contributed by atoms with Crippen molar-refractivity contribution in [3.05, 3.63) is 35.9 Å². The standard InChI is InChI=1S/C11H12O4.ClH/c1-2-14-11(13)15-10(12)8-9-6-4-3-5-7-9;/h3-7H,2,8H2,1H3;1H. The molecule has 0 bridgehead atoms. The summed E-state index contributed by atoms with van der Waals surface area (Å²) in [6.45, 7) is 1.83. The lowest BCUT2D eigenvalue weighted by Gasteiger charge is -2.02. The summed E-state index contributed by atoms with van der Waals surface area (Å²) >= 11 is 0. The van der Waals surface area contributed by atoms with E-state index in [4.69, 9.17) is 0 Å². The van der Waals surface area contributed by atoms with Gasteiger partial charge >= 0.3 is 12.1 Å². The molecule has 0 spiro atoms. The van der Waals surface area contributed by atoms with E-state index < -0.39 is 12.1 Å². The van der Waals surface area contributed by atoms with Crippen LogP contribution >= 0.6 is 12.4 Å². The molecule has 0 aliphatic rings. The minimum atomic E-state index is -0.946. The van der Waals surface area contributed by atoms with Gasteiger partial charge in [-0.2, -0.15) is 0 Å². The number of hydrogen-bond donors (Lipinski definition) is 0. The minimum absolute atomic E-state index is 0. The summed E-state index contributed by atoms with van der Waals surface area (Å²) in [6, 6.07) is 9.04. The van der Waals surface area contributed by atoms with Gasteiger partial charge in [0.25, 0.3) is 0 Å². The predicted molar refractivity (Wildman–Crippen MR) is 60.5 cm³/mol. The van der Waals surface area contributed by atoms with Gasteiger partial charge in [-0.1, -0.05) is 30.3 Å². The van der Waals surface area contributed by atoms with Crippen LogP contribution in [-0.4, -0.2) is 18.7 Å². The Labute approximate surface area is 100.0 Å². The van der Waals surface area contributed by atoms with Gasteiger partial charge < -0.3 is 9.47 Å². The Bertz CT molecular complexity index is 337. The highest BCUT2D eigenvalue weighted by Crippen LogP contribution is 2.01. The van der Waals surface area contributed by atoms with Crippen LogP contribution in [-0.2, 0) is 20.7 Å². The normalized spacial score (nSPS) is 8.81. The first-order chi connectivity index (χ1) is 7.22. The summed E-state index contributed by atoms with van der Waals surface area (Å²) < 4.78 is 8.86. The van der Waals surface area contributed by atoms with Crippen molar-refractivity contribution in [1.82, 2.24) is 0 Å². The molecule has 5 heteroatoms. The lowest BCUT2D eigenvalue weighted by atomic mass is 10.2. The van der Waals surface area contributed by atoms with E-state index in [1.54, 1.807) is 19.1 Å². The largest absolute Gasteiger partial charge is 0.516 e. The van der Waals surface area contributed by atoms with Gasteiger partial charge in [-0.25, -0.2) is 4.79 Å². The second-order valence-electron chi connectivity index (χ2n) is 2.82. The molecular weight excluding hydrogens is 232 g/mol. The zero-order valence-corrected chi connectivity index (χ0v) is 9.66. The monoisotopic (exact) mass is 244 g/mol. The zero-order valence-electron chi connectivity index (χ0n) is 8.84. The number of rotatable bonds is 3. The van der Waals surface area contributed by atoms with E-state index in [-0.39, 0.29) is 25.4 Å². The van der Waals surface area contributed by atoms with E-state index in [9.17, 15) is 9.59 Å². The van der Waals surface area contributed by atoms with Crippen LogP contribution < -0.4 is 0 Å². The maximum absolute atomic E-state index is 11.2. The fourth-order valence-electron chi connectivity index (χ4n) is 1.04. The lowest BCUT2D eigenvalue weighted by Crippen LogP contribution is -2.15. The van der Waals surface area contributed by atoms with E-state index in [1.165, 1.54) is 0 Å². The second kappa shape index (κ2) is 7.70. The zero-order chi connectivity index (χ0) is 11.1. The van der Waals surface area contributed by atoms with Crippen molar-refractivity contribution >= 4 is 24.5 Å². The quantitative estimate of drug-likeness (QED) is 0.605. The van der Waals surface area contributed by atoms with Crippen LogP contribution in [0.3, 0.4) is 0 Å². The SMILES string of the molecule is CCOC(=O)OC(=O)Cc1ccccc1.Cl. The molecule has 16 heavy (non-hydrogen) atoms. The topological polar surface area (TPSA) is 52.6 Å². The smallest absolute Gasteiger partial charge is 0.434 e. The number of carbonyl (C=O) groups is 2. The molecule has 1 aromatic rings. The molecule has 0 aliphatic carbocycles. The van der Waals surface area contributed by atoms with Crippen molar-refractivity contribution in [3.8, 4) is 0 Å². The van der Waals surface area contributed by atoms with Crippen LogP contribution in [0.15, 0.2) is 30.3 Å². The molecule has 88 valence electrons. The average Bonchev–Trinajstić information content (AvgIpc) is 2.19. The third-order valence-corrected chi connectivity index (χ3v) is 1.65. The minimum Gasteiger partial charge on any atom is -0.434 e. The van der Waals surface area contributed by atoms with Gasteiger partial charge in [0.2, 0.25) is 0 Å². The van der Waals surface area contributed by atoms with E-state index in [0.29, 0.717) is 0 Å². The van der Waals surface area contributed by atoms with Gasteiger partial charge in [0, 0.05) is 0 Å². The van der Waals surface area contributed by atoms with Crippen LogP contribution in [0.25, 0.3) is 0 Å². The summed E-state index contributed by atoms with van der Waals surface area (Å²) in [7, 11) is 0. The van der Waals surface area contributed by atoms with Crippen molar-refractivity contribution in [1.29, 1.82) is 0 Å². The highest BCUT2D eigenvalue weighted by atomic mass is 35.5. The first kappa shape index (κ1) is 14.5. The molecule has 0 saturated heterocycles. The summed E-state index contributed by atoms with van der Waals surface area (Å²) in [4.78, 5) is 22.0. The molecular formula is C11H13ClO4. The highest BCUT2D eigenvalue weighted by molar-refractivity contribution is 5.85. The van der Waals surface area contributed by atoms with Gasteiger partial charge in [0.15, 0.2) is 0 Å². The van der Waals surface area contributed by atoms with Crippen LogP contribution in [0.5, 0.6) is 0 Å². The van der Waals surface area contributed by atoms with Gasteiger partial charge in [-0.15, -0.1) is 12.4 Å². The number of esters is 1.